The Morgan fingerprint density at radius 2 is 1.70 bits per heavy atom. The van der Waals surface area contributed by atoms with Gasteiger partial charge in [0.15, 0.2) is 5.76 Å². The topological polar surface area (TPSA) is 75.9 Å². The molecule has 1 fully saturated rings. The van der Waals surface area contributed by atoms with E-state index in [1.807, 2.05) is 32.0 Å². The average molecular weight is 394 g/mol. The van der Waals surface area contributed by atoms with Gasteiger partial charge in [-0.05, 0) is 38.8 Å². The molecule has 1 aliphatic rings. The Bertz CT molecular complexity index is 860. The van der Waals surface area contributed by atoms with Crippen LogP contribution in [0.5, 0.6) is 5.75 Å². The number of hydrogen-bond donors (Lipinski definition) is 0. The second-order valence-corrected chi connectivity index (χ2v) is 8.84. The molecule has 3 rings (SSSR count). The highest BCUT2D eigenvalue weighted by atomic mass is 32.2. The average Bonchev–Trinajstić information content (AvgIpc) is 2.97. The molecule has 2 aromatic rings. The number of piperazine rings is 1. The molecule has 0 bridgehead atoms. The van der Waals surface area contributed by atoms with E-state index in [-0.39, 0.29) is 4.90 Å². The van der Waals surface area contributed by atoms with Crippen molar-refractivity contribution >= 4 is 10.0 Å². The van der Waals surface area contributed by atoms with Crippen LogP contribution in [-0.2, 0) is 10.0 Å². The van der Waals surface area contributed by atoms with Crippen molar-refractivity contribution < 1.29 is 17.7 Å². The SMILES string of the molecule is Cc1cccc(C)c1OCCN1CCN(S(=O)(=O)c2c(C)noc2C)CC1. The molecular weight excluding hydrogens is 366 g/mol. The highest BCUT2D eigenvalue weighted by Gasteiger charge is 2.33. The van der Waals surface area contributed by atoms with Gasteiger partial charge in [0, 0.05) is 32.7 Å². The zero-order chi connectivity index (χ0) is 19.6. The van der Waals surface area contributed by atoms with Gasteiger partial charge < -0.3 is 9.26 Å². The molecule has 1 aromatic carbocycles. The molecule has 0 radical (unpaired) electrons. The summed E-state index contributed by atoms with van der Waals surface area (Å²) in [5.74, 6) is 1.29. The Kier molecular flexibility index (Phi) is 5.88. The minimum Gasteiger partial charge on any atom is -0.492 e. The lowest BCUT2D eigenvalue weighted by Crippen LogP contribution is -2.49. The maximum Gasteiger partial charge on any atom is 0.248 e. The van der Waals surface area contributed by atoms with Crippen LogP contribution in [0.4, 0.5) is 0 Å². The smallest absolute Gasteiger partial charge is 0.248 e. The van der Waals surface area contributed by atoms with Gasteiger partial charge in [-0.15, -0.1) is 0 Å². The third kappa shape index (κ3) is 4.17. The van der Waals surface area contributed by atoms with Crippen LogP contribution in [0.15, 0.2) is 27.6 Å². The summed E-state index contributed by atoms with van der Waals surface area (Å²) in [5.41, 5.74) is 2.67. The Hall–Kier alpha value is -1.90. The van der Waals surface area contributed by atoms with E-state index in [4.69, 9.17) is 9.26 Å². The maximum absolute atomic E-state index is 12.9. The van der Waals surface area contributed by atoms with Crippen LogP contribution >= 0.6 is 0 Å². The molecule has 0 amide bonds. The van der Waals surface area contributed by atoms with Gasteiger partial charge in [0.1, 0.15) is 22.9 Å². The summed E-state index contributed by atoms with van der Waals surface area (Å²) < 4.78 is 38.2. The first-order valence-corrected chi connectivity index (χ1v) is 10.6. The third-order valence-electron chi connectivity index (χ3n) is 4.96. The minimum absolute atomic E-state index is 0.203. The first kappa shape index (κ1) is 19.9. The van der Waals surface area contributed by atoms with Crippen molar-refractivity contribution in [1.29, 1.82) is 0 Å². The molecule has 2 heterocycles. The van der Waals surface area contributed by atoms with Crippen LogP contribution in [0.1, 0.15) is 22.6 Å². The number of nitrogens with zero attached hydrogens (tertiary/aromatic N) is 3. The van der Waals surface area contributed by atoms with Crippen LogP contribution in [-0.4, -0.2) is 62.1 Å². The summed E-state index contributed by atoms with van der Waals surface area (Å²) in [6.07, 6.45) is 0. The third-order valence-corrected chi connectivity index (χ3v) is 7.10. The lowest BCUT2D eigenvalue weighted by Gasteiger charge is -2.33. The standard InChI is InChI=1S/C19H27N3O4S/c1-14-6-5-7-15(2)18(14)25-13-12-21-8-10-22(11-9-21)27(23,24)19-16(3)20-26-17(19)4/h5-7H,8-13H2,1-4H3. The fourth-order valence-electron chi connectivity index (χ4n) is 3.47. The predicted octanol–water partition coefficient (Wildman–Crippen LogP) is 2.29. The Morgan fingerprint density at radius 3 is 2.26 bits per heavy atom. The summed E-state index contributed by atoms with van der Waals surface area (Å²) in [7, 11) is -3.56. The van der Waals surface area contributed by atoms with Crippen molar-refractivity contribution in [3.05, 3.63) is 40.8 Å². The lowest BCUT2D eigenvalue weighted by atomic mass is 10.1. The molecule has 1 aromatic heterocycles. The van der Waals surface area contributed by atoms with Gasteiger partial charge in [-0.2, -0.15) is 4.31 Å². The molecule has 0 atom stereocenters. The van der Waals surface area contributed by atoms with Crippen molar-refractivity contribution in [3.63, 3.8) is 0 Å². The van der Waals surface area contributed by atoms with Crippen LogP contribution in [0, 0.1) is 27.7 Å². The zero-order valence-corrected chi connectivity index (χ0v) is 17.2. The molecule has 8 heteroatoms. The Balaban J connectivity index is 1.53. The zero-order valence-electron chi connectivity index (χ0n) is 16.4. The molecule has 1 saturated heterocycles. The van der Waals surface area contributed by atoms with E-state index in [2.05, 4.69) is 10.1 Å². The minimum atomic E-state index is -3.56. The van der Waals surface area contributed by atoms with Crippen LogP contribution in [0.3, 0.4) is 0 Å². The molecule has 148 valence electrons. The first-order chi connectivity index (χ1) is 12.8. The maximum atomic E-state index is 12.9. The number of rotatable bonds is 6. The van der Waals surface area contributed by atoms with Crippen LogP contribution in [0.2, 0.25) is 0 Å². The van der Waals surface area contributed by atoms with Crippen molar-refractivity contribution in [3.8, 4) is 5.75 Å². The summed E-state index contributed by atoms with van der Waals surface area (Å²) in [4.78, 5) is 2.43. The molecule has 0 spiro atoms. The molecular formula is C19H27N3O4S. The van der Waals surface area contributed by atoms with Crippen molar-refractivity contribution in [2.75, 3.05) is 39.3 Å². The first-order valence-electron chi connectivity index (χ1n) is 9.15. The number of aromatic nitrogens is 1. The van der Waals surface area contributed by atoms with Crippen molar-refractivity contribution in [1.82, 2.24) is 14.4 Å². The number of hydrogen-bond acceptors (Lipinski definition) is 6. The van der Waals surface area contributed by atoms with Gasteiger partial charge in [0.25, 0.3) is 0 Å². The molecule has 0 saturated carbocycles. The molecule has 7 nitrogen and oxygen atoms in total. The Labute approximate surface area is 160 Å². The number of aryl methyl sites for hydroxylation is 4. The van der Waals surface area contributed by atoms with Gasteiger partial charge in [-0.25, -0.2) is 8.42 Å². The summed E-state index contributed by atoms with van der Waals surface area (Å²) >= 11 is 0. The highest BCUT2D eigenvalue weighted by molar-refractivity contribution is 7.89. The van der Waals surface area contributed by atoms with E-state index < -0.39 is 10.0 Å². The van der Waals surface area contributed by atoms with E-state index in [0.29, 0.717) is 44.2 Å². The van der Waals surface area contributed by atoms with Crippen LogP contribution < -0.4 is 4.74 Å². The van der Waals surface area contributed by atoms with Gasteiger partial charge in [-0.1, -0.05) is 23.4 Å². The number of para-hydroxylation sites is 1. The van der Waals surface area contributed by atoms with Gasteiger partial charge in [-0.3, -0.25) is 4.90 Å². The summed E-state index contributed by atoms with van der Waals surface area (Å²) in [6.45, 7) is 11.0. The van der Waals surface area contributed by atoms with E-state index in [9.17, 15) is 8.42 Å². The largest absolute Gasteiger partial charge is 0.492 e. The quantitative estimate of drug-likeness (QED) is 0.750. The summed E-state index contributed by atoms with van der Waals surface area (Å²) in [5, 5.41) is 3.77. The normalized spacial score (nSPS) is 16.6. The van der Waals surface area contributed by atoms with E-state index >= 15 is 0 Å². The van der Waals surface area contributed by atoms with Crippen molar-refractivity contribution in [2.24, 2.45) is 0 Å². The highest BCUT2D eigenvalue weighted by Crippen LogP contribution is 2.24. The fourth-order valence-corrected chi connectivity index (χ4v) is 5.18. The Morgan fingerprint density at radius 1 is 1.07 bits per heavy atom. The molecule has 1 aliphatic heterocycles. The van der Waals surface area contributed by atoms with E-state index in [1.165, 1.54) is 4.31 Å². The monoisotopic (exact) mass is 393 g/mol. The molecule has 0 N–H and O–H groups in total. The van der Waals surface area contributed by atoms with Gasteiger partial charge >= 0.3 is 0 Å². The molecule has 27 heavy (non-hydrogen) atoms. The number of ether oxygens (including phenoxy) is 1. The van der Waals surface area contributed by atoms with Crippen molar-refractivity contribution in [2.45, 2.75) is 32.6 Å². The molecule has 0 aliphatic carbocycles. The predicted molar refractivity (Wildman–Crippen MR) is 103 cm³/mol. The number of benzene rings is 1. The molecule has 0 unspecified atom stereocenters. The fraction of sp³-hybridized carbons (Fsp3) is 0.526. The van der Waals surface area contributed by atoms with E-state index in [1.54, 1.807) is 13.8 Å². The van der Waals surface area contributed by atoms with Gasteiger partial charge in [0.2, 0.25) is 10.0 Å². The number of sulfonamides is 1. The van der Waals surface area contributed by atoms with Gasteiger partial charge in [0.05, 0.1) is 0 Å². The second kappa shape index (κ2) is 8.00. The summed E-state index contributed by atoms with van der Waals surface area (Å²) in [6, 6.07) is 6.11. The second-order valence-electron chi connectivity index (χ2n) is 6.97. The van der Waals surface area contributed by atoms with E-state index in [0.717, 1.165) is 23.4 Å². The lowest BCUT2D eigenvalue weighted by molar-refractivity contribution is 0.158. The van der Waals surface area contributed by atoms with Crippen LogP contribution in [0.25, 0.3) is 0 Å².